The van der Waals surface area contributed by atoms with Crippen LogP contribution >= 0.6 is 11.3 Å². The Bertz CT molecular complexity index is 934. The number of benzene rings is 1. The molecule has 2 N–H and O–H groups in total. The van der Waals surface area contributed by atoms with Crippen molar-refractivity contribution < 1.29 is 29.0 Å². The minimum atomic E-state index is -0.639. The highest BCUT2D eigenvalue weighted by Crippen LogP contribution is 2.40. The summed E-state index contributed by atoms with van der Waals surface area (Å²) >= 11 is 1.39. The maximum atomic E-state index is 12.5. The summed E-state index contributed by atoms with van der Waals surface area (Å²) in [6.07, 6.45) is 2.62. The van der Waals surface area contributed by atoms with Crippen LogP contribution in [0.3, 0.4) is 0 Å². The van der Waals surface area contributed by atoms with Crippen molar-refractivity contribution in [2.45, 2.75) is 39.7 Å². The lowest BCUT2D eigenvalue weighted by Gasteiger charge is -2.18. The molecule has 1 amide bonds. The van der Waals surface area contributed by atoms with Gasteiger partial charge in [0, 0.05) is 4.88 Å². The average Bonchev–Trinajstić information content (AvgIpc) is 3.09. The minimum absolute atomic E-state index is 0.121. The smallest absolute Gasteiger partial charge is 0.341 e. The largest absolute Gasteiger partial charge is 0.462 e. The monoisotopic (exact) mass is 431 g/mol. The molecule has 1 heterocycles. The van der Waals surface area contributed by atoms with Crippen LogP contribution in [0.4, 0.5) is 5.00 Å². The SMILES string of the molecule is CCOC(=O)c1c(NC(=O)COC(=O)c2ccc(CO)cc2)sc2c1CC[C@H](C)C2. The number of anilines is 1. The van der Waals surface area contributed by atoms with E-state index in [9.17, 15) is 14.4 Å². The number of hydrogen-bond acceptors (Lipinski definition) is 7. The second-order valence-corrected chi connectivity index (χ2v) is 8.36. The number of carbonyl (C=O) groups excluding carboxylic acids is 3. The number of aliphatic hydroxyl groups excluding tert-OH is 1. The molecule has 0 bridgehead atoms. The number of ether oxygens (including phenoxy) is 2. The zero-order valence-electron chi connectivity index (χ0n) is 17.0. The first kappa shape index (κ1) is 22.0. The van der Waals surface area contributed by atoms with Crippen LogP contribution in [0.15, 0.2) is 24.3 Å². The molecule has 1 aromatic heterocycles. The molecule has 0 radical (unpaired) electrons. The molecule has 1 aliphatic rings. The van der Waals surface area contributed by atoms with Gasteiger partial charge in [-0.3, -0.25) is 4.79 Å². The van der Waals surface area contributed by atoms with Crippen molar-refractivity contribution in [3.05, 3.63) is 51.4 Å². The fraction of sp³-hybridized carbons (Fsp3) is 0.409. The zero-order valence-corrected chi connectivity index (χ0v) is 17.8. The topological polar surface area (TPSA) is 102 Å². The van der Waals surface area contributed by atoms with Gasteiger partial charge in [0.2, 0.25) is 0 Å². The van der Waals surface area contributed by atoms with Crippen LogP contribution in [-0.2, 0) is 33.7 Å². The van der Waals surface area contributed by atoms with Gasteiger partial charge >= 0.3 is 11.9 Å². The second-order valence-electron chi connectivity index (χ2n) is 7.26. The Morgan fingerprint density at radius 3 is 2.57 bits per heavy atom. The average molecular weight is 432 g/mol. The summed E-state index contributed by atoms with van der Waals surface area (Å²) in [5.41, 5.74) is 2.33. The lowest BCUT2D eigenvalue weighted by atomic mass is 9.88. The second kappa shape index (κ2) is 9.86. The molecule has 1 atom stereocenters. The third-order valence-corrected chi connectivity index (χ3v) is 6.12. The van der Waals surface area contributed by atoms with E-state index in [-0.39, 0.29) is 18.8 Å². The summed E-state index contributed by atoms with van der Waals surface area (Å²) in [6.45, 7) is 3.56. The highest BCUT2D eigenvalue weighted by Gasteiger charge is 2.29. The molecule has 0 unspecified atom stereocenters. The fourth-order valence-corrected chi connectivity index (χ4v) is 4.80. The van der Waals surface area contributed by atoms with Crippen LogP contribution in [0.1, 0.15) is 57.0 Å². The quantitative estimate of drug-likeness (QED) is 0.652. The minimum Gasteiger partial charge on any atom is -0.462 e. The standard InChI is InChI=1S/C22H25NO6S/c1-3-28-22(27)19-16-9-4-13(2)10-17(16)30-20(19)23-18(25)12-29-21(26)15-7-5-14(11-24)6-8-15/h5-8,13,24H,3-4,9-12H2,1-2H3,(H,23,25)/t13-/m0/s1. The van der Waals surface area contributed by atoms with Crippen LogP contribution in [0, 0.1) is 5.92 Å². The maximum Gasteiger partial charge on any atom is 0.341 e. The molecule has 0 saturated carbocycles. The third kappa shape index (κ3) is 5.06. The van der Waals surface area contributed by atoms with Crippen molar-refractivity contribution >= 4 is 34.2 Å². The first-order valence-corrected chi connectivity index (χ1v) is 10.7. The molecule has 3 rings (SSSR count). The number of aliphatic hydroxyl groups is 1. The van der Waals surface area contributed by atoms with Crippen molar-refractivity contribution in [2.75, 3.05) is 18.5 Å². The number of fused-ring (bicyclic) bond motifs is 1. The lowest BCUT2D eigenvalue weighted by molar-refractivity contribution is -0.119. The lowest BCUT2D eigenvalue weighted by Crippen LogP contribution is -2.22. The fourth-order valence-electron chi connectivity index (χ4n) is 3.38. The van der Waals surface area contributed by atoms with Crippen molar-refractivity contribution in [3.63, 3.8) is 0 Å². The molecular formula is C22H25NO6S. The molecular weight excluding hydrogens is 406 g/mol. The Morgan fingerprint density at radius 2 is 1.90 bits per heavy atom. The number of nitrogens with one attached hydrogen (secondary N) is 1. The highest BCUT2D eigenvalue weighted by atomic mass is 32.1. The predicted octanol–water partition coefficient (Wildman–Crippen LogP) is 3.34. The van der Waals surface area contributed by atoms with E-state index >= 15 is 0 Å². The van der Waals surface area contributed by atoms with Crippen LogP contribution in [-0.4, -0.2) is 36.2 Å². The highest BCUT2D eigenvalue weighted by molar-refractivity contribution is 7.17. The van der Waals surface area contributed by atoms with E-state index in [1.165, 1.54) is 23.5 Å². The summed E-state index contributed by atoms with van der Waals surface area (Å²) in [4.78, 5) is 38.1. The number of amides is 1. The van der Waals surface area contributed by atoms with Gasteiger partial charge in [0.05, 0.1) is 24.3 Å². The van der Waals surface area contributed by atoms with Crippen molar-refractivity contribution in [1.82, 2.24) is 0 Å². The number of carbonyl (C=O) groups is 3. The molecule has 160 valence electrons. The Kier molecular flexibility index (Phi) is 7.23. The molecule has 0 fully saturated rings. The molecule has 8 heteroatoms. The van der Waals surface area contributed by atoms with Gasteiger partial charge in [0.25, 0.3) is 5.91 Å². The van der Waals surface area contributed by atoms with Crippen molar-refractivity contribution in [1.29, 1.82) is 0 Å². The van der Waals surface area contributed by atoms with Crippen molar-refractivity contribution in [2.24, 2.45) is 5.92 Å². The molecule has 0 spiro atoms. The summed E-state index contributed by atoms with van der Waals surface area (Å²) in [7, 11) is 0. The first-order valence-electron chi connectivity index (χ1n) is 9.91. The molecule has 0 aliphatic heterocycles. The molecule has 0 saturated heterocycles. The molecule has 1 aromatic carbocycles. The first-order chi connectivity index (χ1) is 14.4. The normalized spacial score (nSPS) is 15.2. The number of hydrogen-bond donors (Lipinski definition) is 2. The molecule has 30 heavy (non-hydrogen) atoms. The maximum absolute atomic E-state index is 12.5. The van der Waals surface area contributed by atoms with Crippen LogP contribution in [0.5, 0.6) is 0 Å². The molecule has 7 nitrogen and oxygen atoms in total. The van der Waals surface area contributed by atoms with E-state index in [2.05, 4.69) is 12.2 Å². The number of thiophene rings is 1. The summed E-state index contributed by atoms with van der Waals surface area (Å²) in [5.74, 6) is -1.08. The van der Waals surface area contributed by atoms with Gasteiger partial charge in [-0.05, 0) is 55.4 Å². The Hall–Kier alpha value is -2.71. The molecule has 1 aliphatic carbocycles. The van der Waals surface area contributed by atoms with Gasteiger partial charge in [-0.25, -0.2) is 9.59 Å². The van der Waals surface area contributed by atoms with E-state index in [0.717, 1.165) is 29.7 Å². The van der Waals surface area contributed by atoms with E-state index in [4.69, 9.17) is 14.6 Å². The van der Waals surface area contributed by atoms with Gasteiger partial charge in [-0.15, -0.1) is 11.3 Å². The Balaban J connectivity index is 1.68. The van der Waals surface area contributed by atoms with Crippen LogP contribution < -0.4 is 5.32 Å². The summed E-state index contributed by atoms with van der Waals surface area (Å²) in [6, 6.07) is 6.27. The van der Waals surface area contributed by atoms with Gasteiger partial charge in [-0.2, -0.15) is 0 Å². The van der Waals surface area contributed by atoms with Crippen LogP contribution in [0.25, 0.3) is 0 Å². The van der Waals surface area contributed by atoms with Gasteiger partial charge in [0.1, 0.15) is 5.00 Å². The van der Waals surface area contributed by atoms with E-state index < -0.39 is 24.5 Å². The molecule has 2 aromatic rings. The van der Waals surface area contributed by atoms with E-state index in [0.29, 0.717) is 22.0 Å². The predicted molar refractivity (Wildman–Crippen MR) is 113 cm³/mol. The third-order valence-electron chi connectivity index (χ3n) is 4.95. The summed E-state index contributed by atoms with van der Waals surface area (Å²) < 4.78 is 10.3. The number of esters is 2. The Morgan fingerprint density at radius 1 is 1.17 bits per heavy atom. The van der Waals surface area contributed by atoms with Gasteiger partial charge < -0.3 is 19.9 Å². The number of rotatable bonds is 7. The zero-order chi connectivity index (χ0) is 21.7. The van der Waals surface area contributed by atoms with Crippen molar-refractivity contribution in [3.8, 4) is 0 Å². The summed E-state index contributed by atoms with van der Waals surface area (Å²) in [5, 5.41) is 12.2. The Labute approximate surface area is 179 Å². The van der Waals surface area contributed by atoms with E-state index in [1.807, 2.05) is 0 Å². The van der Waals surface area contributed by atoms with Gasteiger partial charge in [0.15, 0.2) is 6.61 Å². The van der Waals surface area contributed by atoms with Crippen LogP contribution in [0.2, 0.25) is 0 Å². The van der Waals surface area contributed by atoms with Gasteiger partial charge in [-0.1, -0.05) is 19.1 Å². The van der Waals surface area contributed by atoms with E-state index in [1.54, 1.807) is 19.1 Å².